The van der Waals surface area contributed by atoms with E-state index in [1.807, 2.05) is 0 Å². The van der Waals surface area contributed by atoms with Gasteiger partial charge in [0.15, 0.2) is 5.65 Å². The van der Waals surface area contributed by atoms with Crippen molar-refractivity contribution in [1.29, 1.82) is 0 Å². The number of rotatable bonds is 1. The molecule has 0 amide bonds. The van der Waals surface area contributed by atoms with Crippen LogP contribution in [-0.2, 0) is 0 Å². The summed E-state index contributed by atoms with van der Waals surface area (Å²) >= 11 is 0. The minimum atomic E-state index is -1.26. The normalized spacial score (nSPS) is 10.3. The molecule has 0 saturated heterocycles. The van der Waals surface area contributed by atoms with Crippen LogP contribution in [0, 0.1) is 0 Å². The summed E-state index contributed by atoms with van der Waals surface area (Å²) in [5.41, 5.74) is 0.313. The number of hydrogen-bond acceptors (Lipinski definition) is 4. The van der Waals surface area contributed by atoms with Gasteiger partial charge < -0.3 is 9.90 Å². The molecule has 5 heteroatoms. The molecule has 2 rings (SSSR count). The van der Waals surface area contributed by atoms with Gasteiger partial charge in [-0.15, -0.1) is 0 Å². The highest BCUT2D eigenvalue weighted by Crippen LogP contribution is 2.04. The Labute approximate surface area is 67.3 Å². The van der Waals surface area contributed by atoms with Crippen LogP contribution in [0.4, 0.5) is 0 Å². The van der Waals surface area contributed by atoms with Crippen molar-refractivity contribution in [1.82, 2.24) is 14.6 Å². The molecule has 60 valence electrons. The summed E-state index contributed by atoms with van der Waals surface area (Å²) in [6, 6.07) is 1.67. The molecule has 5 nitrogen and oxygen atoms in total. The molecule has 0 aliphatic carbocycles. The summed E-state index contributed by atoms with van der Waals surface area (Å²) in [5, 5.41) is 14.2. The second-order valence-electron chi connectivity index (χ2n) is 2.23. The Hall–Kier alpha value is -1.91. The van der Waals surface area contributed by atoms with E-state index in [4.69, 9.17) is 0 Å². The van der Waals surface area contributed by atoms with E-state index in [0.717, 1.165) is 0 Å². The number of fused-ring (bicyclic) bond motifs is 1. The maximum absolute atomic E-state index is 10.5. The number of aromatic nitrogens is 3. The Balaban J connectivity index is 2.79. The molecule has 0 radical (unpaired) electrons. The van der Waals surface area contributed by atoms with E-state index < -0.39 is 5.97 Å². The third-order valence-corrected chi connectivity index (χ3v) is 1.50. The molecule has 12 heavy (non-hydrogen) atoms. The molecule has 0 aromatic carbocycles. The standard InChI is InChI=1S/C7H5N3O2/c11-7(12)5-4-9-10-3-1-2-8-6(5)10/h1-4H,(H,11,12)/p-1. The number of hydrogen-bond donors (Lipinski definition) is 0. The Morgan fingerprint density at radius 3 is 3.17 bits per heavy atom. The van der Waals surface area contributed by atoms with Crippen LogP contribution in [0.15, 0.2) is 24.7 Å². The van der Waals surface area contributed by atoms with Crippen LogP contribution in [0.5, 0.6) is 0 Å². The highest BCUT2D eigenvalue weighted by atomic mass is 16.4. The fraction of sp³-hybridized carbons (Fsp3) is 0. The molecule has 0 aliphatic rings. The van der Waals surface area contributed by atoms with Gasteiger partial charge in [0.2, 0.25) is 0 Å². The maximum atomic E-state index is 10.5. The molecule has 0 unspecified atom stereocenters. The van der Waals surface area contributed by atoms with Crippen molar-refractivity contribution in [3.05, 3.63) is 30.2 Å². The van der Waals surface area contributed by atoms with Gasteiger partial charge in [-0.2, -0.15) is 5.10 Å². The summed E-state index contributed by atoms with van der Waals surface area (Å²) in [6.45, 7) is 0. The van der Waals surface area contributed by atoms with E-state index in [1.165, 1.54) is 16.9 Å². The summed E-state index contributed by atoms with van der Waals surface area (Å²) in [4.78, 5) is 14.3. The van der Waals surface area contributed by atoms with E-state index in [0.29, 0.717) is 5.65 Å². The molecule has 0 atom stereocenters. The van der Waals surface area contributed by atoms with Crippen LogP contribution in [0.3, 0.4) is 0 Å². The predicted octanol–water partition coefficient (Wildman–Crippen LogP) is -0.907. The quantitative estimate of drug-likeness (QED) is 0.544. The smallest absolute Gasteiger partial charge is 0.164 e. The van der Waals surface area contributed by atoms with Crippen molar-refractivity contribution in [3.63, 3.8) is 0 Å². The van der Waals surface area contributed by atoms with Gasteiger partial charge in [-0.25, -0.2) is 9.50 Å². The SMILES string of the molecule is O=C([O-])c1cnn2cccnc12. The Bertz CT molecular complexity index is 435. The number of carboxylic acid groups (broad SMARTS) is 1. The Morgan fingerprint density at radius 1 is 1.58 bits per heavy atom. The number of carbonyl (C=O) groups excluding carboxylic acids is 1. The third kappa shape index (κ3) is 0.833. The molecule has 2 aromatic heterocycles. The predicted molar refractivity (Wildman–Crippen MR) is 37.3 cm³/mol. The summed E-state index contributed by atoms with van der Waals surface area (Å²) in [5.74, 6) is -1.26. The lowest BCUT2D eigenvalue weighted by atomic mass is 10.3. The van der Waals surface area contributed by atoms with Gasteiger partial charge in [0, 0.05) is 12.4 Å². The second kappa shape index (κ2) is 2.30. The lowest BCUT2D eigenvalue weighted by molar-refractivity contribution is -0.254. The number of carboxylic acids is 1. The van der Waals surface area contributed by atoms with Crippen molar-refractivity contribution in [2.75, 3.05) is 0 Å². The average molecular weight is 162 g/mol. The summed E-state index contributed by atoms with van der Waals surface area (Å²) in [7, 11) is 0. The van der Waals surface area contributed by atoms with E-state index in [9.17, 15) is 9.90 Å². The molecule has 0 spiro atoms. The third-order valence-electron chi connectivity index (χ3n) is 1.50. The molecule has 0 N–H and O–H groups in total. The second-order valence-corrected chi connectivity index (χ2v) is 2.23. The molecular formula is C7H4N3O2-. The zero-order valence-corrected chi connectivity index (χ0v) is 5.97. The van der Waals surface area contributed by atoms with Gasteiger partial charge in [0.25, 0.3) is 0 Å². The topological polar surface area (TPSA) is 70.3 Å². The average Bonchev–Trinajstić information content (AvgIpc) is 2.47. The van der Waals surface area contributed by atoms with Gasteiger partial charge in [-0.1, -0.05) is 0 Å². The van der Waals surface area contributed by atoms with Gasteiger partial charge in [0.1, 0.15) is 0 Å². The zero-order valence-electron chi connectivity index (χ0n) is 5.97. The van der Waals surface area contributed by atoms with Gasteiger partial charge in [-0.3, -0.25) is 0 Å². The highest BCUT2D eigenvalue weighted by molar-refractivity contribution is 5.92. The van der Waals surface area contributed by atoms with Crippen LogP contribution in [0.1, 0.15) is 10.4 Å². The minimum absolute atomic E-state index is 0.00981. The Kier molecular flexibility index (Phi) is 1.30. The van der Waals surface area contributed by atoms with Gasteiger partial charge in [0.05, 0.1) is 17.7 Å². The lowest BCUT2D eigenvalue weighted by Crippen LogP contribution is -2.22. The van der Waals surface area contributed by atoms with Crippen LogP contribution in [0.2, 0.25) is 0 Å². The first-order chi connectivity index (χ1) is 5.79. The summed E-state index contributed by atoms with van der Waals surface area (Å²) < 4.78 is 1.38. The van der Waals surface area contributed by atoms with Crippen molar-refractivity contribution in [2.45, 2.75) is 0 Å². The first-order valence-corrected chi connectivity index (χ1v) is 3.29. The lowest BCUT2D eigenvalue weighted by Gasteiger charge is -1.96. The molecule has 0 saturated carbocycles. The monoisotopic (exact) mass is 162 g/mol. The van der Waals surface area contributed by atoms with Crippen LogP contribution in [0.25, 0.3) is 5.65 Å². The van der Waals surface area contributed by atoms with E-state index >= 15 is 0 Å². The highest BCUT2D eigenvalue weighted by Gasteiger charge is 2.03. The zero-order chi connectivity index (χ0) is 8.55. The van der Waals surface area contributed by atoms with E-state index in [2.05, 4.69) is 10.1 Å². The van der Waals surface area contributed by atoms with E-state index in [1.54, 1.807) is 12.3 Å². The first kappa shape index (κ1) is 6.78. The first-order valence-electron chi connectivity index (χ1n) is 3.29. The minimum Gasteiger partial charge on any atom is -0.545 e. The van der Waals surface area contributed by atoms with Gasteiger partial charge in [-0.05, 0) is 6.07 Å². The van der Waals surface area contributed by atoms with Crippen molar-refractivity contribution >= 4 is 11.6 Å². The number of aromatic carboxylic acids is 1. The molecule has 0 aliphatic heterocycles. The van der Waals surface area contributed by atoms with Gasteiger partial charge >= 0.3 is 0 Å². The molecule has 0 fully saturated rings. The van der Waals surface area contributed by atoms with Crippen molar-refractivity contribution in [2.24, 2.45) is 0 Å². The fourth-order valence-corrected chi connectivity index (χ4v) is 0.971. The molecule has 2 heterocycles. The fourth-order valence-electron chi connectivity index (χ4n) is 0.971. The molecule has 2 aromatic rings. The number of carbonyl (C=O) groups is 1. The maximum Gasteiger partial charge on any atom is 0.164 e. The van der Waals surface area contributed by atoms with Crippen molar-refractivity contribution in [3.8, 4) is 0 Å². The summed E-state index contributed by atoms with van der Waals surface area (Å²) in [6.07, 6.45) is 4.34. The molecule has 0 bridgehead atoms. The van der Waals surface area contributed by atoms with Crippen LogP contribution in [-0.4, -0.2) is 20.6 Å². The van der Waals surface area contributed by atoms with Crippen LogP contribution >= 0.6 is 0 Å². The largest absolute Gasteiger partial charge is 0.545 e. The van der Waals surface area contributed by atoms with Crippen LogP contribution < -0.4 is 5.11 Å². The molecular weight excluding hydrogens is 158 g/mol. The van der Waals surface area contributed by atoms with Crippen molar-refractivity contribution < 1.29 is 9.90 Å². The van der Waals surface area contributed by atoms with E-state index in [-0.39, 0.29) is 5.56 Å². The number of nitrogens with zero attached hydrogens (tertiary/aromatic N) is 3. The Morgan fingerprint density at radius 2 is 2.42 bits per heavy atom.